The first-order valence-electron chi connectivity index (χ1n) is 20.2. The Morgan fingerprint density at radius 3 is 1.13 bits per heavy atom. The second kappa shape index (κ2) is 37.8. The van der Waals surface area contributed by atoms with Crippen molar-refractivity contribution >= 4 is 11.8 Å². The lowest BCUT2D eigenvalue weighted by Crippen LogP contribution is -2.48. The average molecular weight is 646 g/mol. The zero-order chi connectivity index (χ0) is 33.6. The van der Waals surface area contributed by atoms with E-state index in [4.69, 9.17) is 0 Å². The molecule has 0 fully saturated rings. The molecule has 3 N–H and O–H groups in total. The molecule has 0 saturated carbocycles. The molecule has 0 heterocycles. The van der Waals surface area contributed by atoms with Crippen LogP contribution >= 0.6 is 0 Å². The Kier molecular flexibility index (Phi) is 36.5. The fraction of sp³-hybridized carbons (Fsp3) is 0.854. The molecule has 0 aliphatic heterocycles. The van der Waals surface area contributed by atoms with Gasteiger partial charge in [-0.15, -0.1) is 0 Å². The van der Waals surface area contributed by atoms with E-state index in [-0.39, 0.29) is 18.0 Å². The molecule has 0 aliphatic rings. The van der Waals surface area contributed by atoms with Gasteiger partial charge in [0.2, 0.25) is 11.8 Å². The second-order valence-electron chi connectivity index (χ2n) is 13.6. The van der Waals surface area contributed by atoms with Gasteiger partial charge in [-0.05, 0) is 90.6 Å². The molecule has 0 aromatic heterocycles. The first-order valence-corrected chi connectivity index (χ1v) is 20.2. The molecule has 0 unspecified atom stereocenters. The van der Waals surface area contributed by atoms with E-state index in [9.17, 15) is 9.59 Å². The number of amides is 2. The van der Waals surface area contributed by atoms with Crippen LogP contribution in [-0.2, 0) is 9.59 Å². The van der Waals surface area contributed by atoms with Crippen LogP contribution in [0, 0.1) is 0 Å². The van der Waals surface area contributed by atoms with Crippen molar-refractivity contribution in [3.8, 4) is 0 Å². The summed E-state index contributed by atoms with van der Waals surface area (Å²) in [7, 11) is 1.94. The number of carbonyl (C=O) groups is 2. The highest BCUT2D eigenvalue weighted by Crippen LogP contribution is 2.12. The molecule has 0 radical (unpaired) electrons. The van der Waals surface area contributed by atoms with E-state index in [1.807, 2.05) is 7.05 Å². The van der Waals surface area contributed by atoms with Crippen molar-refractivity contribution in [2.24, 2.45) is 0 Å². The molecular formula is C41H79N3O2. The number of hydrogen-bond donors (Lipinski definition) is 3. The Morgan fingerprint density at radius 1 is 0.457 bits per heavy atom. The Labute approximate surface area is 287 Å². The molecule has 5 heteroatoms. The van der Waals surface area contributed by atoms with Gasteiger partial charge < -0.3 is 16.0 Å². The van der Waals surface area contributed by atoms with Crippen molar-refractivity contribution in [3.63, 3.8) is 0 Å². The van der Waals surface area contributed by atoms with Gasteiger partial charge >= 0.3 is 0 Å². The number of allylic oxidation sites excluding steroid dienone is 4. The molecule has 0 rings (SSSR count). The van der Waals surface area contributed by atoms with E-state index in [1.54, 1.807) is 0 Å². The van der Waals surface area contributed by atoms with Crippen molar-refractivity contribution in [1.82, 2.24) is 16.0 Å². The molecule has 0 aromatic rings. The van der Waals surface area contributed by atoms with Gasteiger partial charge in [-0.25, -0.2) is 0 Å². The highest BCUT2D eigenvalue weighted by atomic mass is 16.2. The number of nitrogens with one attached hydrogen (secondary N) is 3. The van der Waals surface area contributed by atoms with Gasteiger partial charge in [-0.1, -0.05) is 141 Å². The van der Waals surface area contributed by atoms with Crippen LogP contribution in [0.25, 0.3) is 0 Å². The summed E-state index contributed by atoms with van der Waals surface area (Å²) in [4.78, 5) is 25.2. The van der Waals surface area contributed by atoms with Crippen LogP contribution in [0.4, 0.5) is 0 Å². The molecule has 0 aromatic carbocycles. The fourth-order valence-corrected chi connectivity index (χ4v) is 5.91. The van der Waals surface area contributed by atoms with E-state index in [2.05, 4.69) is 54.1 Å². The highest BCUT2D eigenvalue weighted by Gasteiger charge is 2.14. The van der Waals surface area contributed by atoms with Gasteiger partial charge in [-0.3, -0.25) is 9.59 Å². The first kappa shape index (κ1) is 44.4. The smallest absolute Gasteiger partial charge is 0.221 e. The molecule has 5 nitrogen and oxygen atoms in total. The molecule has 2 amide bonds. The summed E-state index contributed by atoms with van der Waals surface area (Å²) in [6, 6.07) is 0. The van der Waals surface area contributed by atoms with Crippen LogP contribution in [-0.4, -0.2) is 31.6 Å². The Balaban J connectivity index is 3.87. The van der Waals surface area contributed by atoms with Gasteiger partial charge in [0.15, 0.2) is 0 Å². The molecule has 0 spiro atoms. The lowest BCUT2D eigenvalue weighted by atomic mass is 10.1. The zero-order valence-corrected chi connectivity index (χ0v) is 31.1. The summed E-state index contributed by atoms with van der Waals surface area (Å²) in [5, 5.41) is 9.36. The number of carbonyl (C=O) groups excluding carboxylic acids is 2. The van der Waals surface area contributed by atoms with Gasteiger partial charge in [-0.2, -0.15) is 0 Å². The maximum Gasteiger partial charge on any atom is 0.221 e. The maximum atomic E-state index is 12.6. The first-order chi connectivity index (χ1) is 22.6. The van der Waals surface area contributed by atoms with Crippen molar-refractivity contribution in [3.05, 3.63) is 24.3 Å². The molecular weight excluding hydrogens is 566 g/mol. The minimum atomic E-state index is -0.264. The summed E-state index contributed by atoms with van der Waals surface area (Å²) in [6.07, 6.45) is 44.6. The average Bonchev–Trinajstić information content (AvgIpc) is 3.04. The Hall–Kier alpha value is -1.62. The SMILES string of the molecule is CCCCCCCC/C=C\CCCCCCCC(=O)NC(CCCNC)NC(=O)CCCCCCC/C=C\CCCCCCCC. The summed E-state index contributed by atoms with van der Waals surface area (Å²) >= 11 is 0. The zero-order valence-electron chi connectivity index (χ0n) is 31.1. The normalized spacial score (nSPS) is 11.7. The molecule has 0 atom stereocenters. The van der Waals surface area contributed by atoms with Crippen LogP contribution in [0.5, 0.6) is 0 Å². The second-order valence-corrected chi connectivity index (χ2v) is 13.6. The van der Waals surface area contributed by atoms with Crippen molar-refractivity contribution in [2.45, 2.75) is 213 Å². The minimum absolute atomic E-state index is 0.0633. The molecule has 46 heavy (non-hydrogen) atoms. The molecule has 270 valence electrons. The number of hydrogen-bond acceptors (Lipinski definition) is 3. The fourth-order valence-electron chi connectivity index (χ4n) is 5.91. The summed E-state index contributed by atoms with van der Waals surface area (Å²) in [5.41, 5.74) is 0. The van der Waals surface area contributed by atoms with Crippen molar-refractivity contribution in [2.75, 3.05) is 13.6 Å². The topological polar surface area (TPSA) is 70.2 Å². The van der Waals surface area contributed by atoms with Crippen LogP contribution in [0.15, 0.2) is 24.3 Å². The van der Waals surface area contributed by atoms with E-state index >= 15 is 0 Å². The highest BCUT2D eigenvalue weighted by molar-refractivity contribution is 5.79. The third kappa shape index (κ3) is 35.2. The lowest BCUT2D eigenvalue weighted by Gasteiger charge is -2.20. The minimum Gasteiger partial charge on any atom is -0.336 e. The quantitative estimate of drug-likeness (QED) is 0.0361. The number of unbranched alkanes of at least 4 members (excludes halogenated alkanes) is 22. The van der Waals surface area contributed by atoms with Crippen LogP contribution in [0.1, 0.15) is 206 Å². The van der Waals surface area contributed by atoms with Crippen molar-refractivity contribution < 1.29 is 9.59 Å². The maximum absolute atomic E-state index is 12.6. The van der Waals surface area contributed by atoms with Crippen LogP contribution in [0.2, 0.25) is 0 Å². The predicted octanol–water partition coefficient (Wildman–Crippen LogP) is 11.6. The van der Waals surface area contributed by atoms with E-state index in [1.165, 1.54) is 141 Å². The molecule has 0 bridgehead atoms. The third-order valence-corrected chi connectivity index (χ3v) is 8.92. The third-order valence-electron chi connectivity index (χ3n) is 8.92. The van der Waals surface area contributed by atoms with Crippen LogP contribution in [0.3, 0.4) is 0 Å². The van der Waals surface area contributed by atoms with Gasteiger partial charge in [0, 0.05) is 12.8 Å². The number of rotatable bonds is 36. The van der Waals surface area contributed by atoms with Gasteiger partial charge in [0.25, 0.3) is 0 Å². The van der Waals surface area contributed by atoms with Crippen LogP contribution < -0.4 is 16.0 Å². The summed E-state index contributed by atoms with van der Waals surface area (Å²) in [5.74, 6) is 0.127. The van der Waals surface area contributed by atoms with Gasteiger partial charge in [0.05, 0.1) is 0 Å². The van der Waals surface area contributed by atoms with E-state index in [0.29, 0.717) is 12.8 Å². The van der Waals surface area contributed by atoms with Crippen molar-refractivity contribution in [1.29, 1.82) is 0 Å². The summed E-state index contributed by atoms with van der Waals surface area (Å²) in [6.45, 7) is 5.42. The largest absolute Gasteiger partial charge is 0.336 e. The van der Waals surface area contributed by atoms with Gasteiger partial charge in [0.1, 0.15) is 6.17 Å². The monoisotopic (exact) mass is 646 g/mol. The van der Waals surface area contributed by atoms with E-state index < -0.39 is 0 Å². The standard InChI is InChI=1S/C41H79N3O2/c1-4-6-8-10-12-14-16-18-20-22-24-26-28-30-32-36-40(45)43-39(35-34-38-42-3)44-41(46)37-33-31-29-27-25-23-21-19-17-15-13-11-9-7-5-2/h18-21,39,42H,4-17,22-38H2,1-3H3,(H,43,45)(H,44,46)/b20-18-,21-19-. The molecule has 0 saturated heterocycles. The van der Waals surface area contributed by atoms with E-state index in [0.717, 1.165) is 45.1 Å². The predicted molar refractivity (Wildman–Crippen MR) is 202 cm³/mol. The Bertz CT molecular complexity index is 652. The Morgan fingerprint density at radius 2 is 0.783 bits per heavy atom. The summed E-state index contributed by atoms with van der Waals surface area (Å²) < 4.78 is 0. The lowest BCUT2D eigenvalue weighted by molar-refractivity contribution is -0.124. The molecule has 0 aliphatic carbocycles.